The zero-order chi connectivity index (χ0) is 13.0. The van der Waals surface area contributed by atoms with E-state index in [1.807, 2.05) is 24.3 Å². The first-order valence-electron chi connectivity index (χ1n) is 6.13. The van der Waals surface area contributed by atoms with Crippen molar-refractivity contribution < 1.29 is 4.74 Å². The van der Waals surface area contributed by atoms with Gasteiger partial charge in [-0.05, 0) is 35.2 Å². The van der Waals surface area contributed by atoms with Crippen molar-refractivity contribution >= 4 is 15.9 Å². The molecule has 2 heteroatoms. The van der Waals surface area contributed by atoms with Crippen LogP contribution in [0.1, 0.15) is 30.9 Å². The lowest BCUT2D eigenvalue weighted by Gasteiger charge is -2.13. The van der Waals surface area contributed by atoms with Gasteiger partial charge in [0.15, 0.2) is 0 Å². The normalized spacial score (nSPS) is 10.7. The molecule has 0 N–H and O–H groups in total. The Morgan fingerprint density at radius 3 is 2.33 bits per heavy atom. The van der Waals surface area contributed by atoms with Crippen LogP contribution in [0.15, 0.2) is 53.0 Å². The molecule has 2 rings (SSSR count). The summed E-state index contributed by atoms with van der Waals surface area (Å²) in [6.07, 6.45) is 0. The van der Waals surface area contributed by atoms with Crippen LogP contribution in [0.4, 0.5) is 0 Å². The van der Waals surface area contributed by atoms with Crippen LogP contribution < -0.4 is 4.74 Å². The predicted octanol–water partition coefficient (Wildman–Crippen LogP) is 5.15. The van der Waals surface area contributed by atoms with Crippen LogP contribution >= 0.6 is 15.9 Å². The van der Waals surface area contributed by atoms with Crippen LogP contribution in [0, 0.1) is 0 Å². The summed E-state index contributed by atoms with van der Waals surface area (Å²) in [5.41, 5.74) is 2.44. The number of hydrogen-bond donors (Lipinski definition) is 0. The molecule has 0 bridgehead atoms. The van der Waals surface area contributed by atoms with E-state index in [9.17, 15) is 0 Å². The summed E-state index contributed by atoms with van der Waals surface area (Å²) in [4.78, 5) is 0. The average molecular weight is 305 g/mol. The summed E-state index contributed by atoms with van der Waals surface area (Å²) in [6, 6.07) is 16.4. The minimum absolute atomic E-state index is 0.478. The summed E-state index contributed by atoms with van der Waals surface area (Å²) in [5, 5.41) is 0. The van der Waals surface area contributed by atoms with Gasteiger partial charge in [0.25, 0.3) is 0 Å². The zero-order valence-corrected chi connectivity index (χ0v) is 12.3. The number of benzene rings is 2. The van der Waals surface area contributed by atoms with E-state index in [1.54, 1.807) is 0 Å². The molecule has 0 atom stereocenters. The lowest BCUT2D eigenvalue weighted by atomic mass is 10.0. The molecule has 0 radical (unpaired) electrons. The van der Waals surface area contributed by atoms with Crippen molar-refractivity contribution in [1.29, 1.82) is 0 Å². The van der Waals surface area contributed by atoms with Gasteiger partial charge < -0.3 is 4.74 Å². The first-order chi connectivity index (χ1) is 8.66. The molecule has 0 amide bonds. The minimum atomic E-state index is 0.478. The Balaban J connectivity index is 2.08. The van der Waals surface area contributed by atoms with Gasteiger partial charge in [-0.15, -0.1) is 0 Å². The van der Waals surface area contributed by atoms with Crippen LogP contribution in [0.2, 0.25) is 0 Å². The van der Waals surface area contributed by atoms with Crippen molar-refractivity contribution in [2.45, 2.75) is 26.4 Å². The van der Waals surface area contributed by atoms with Crippen molar-refractivity contribution in [3.63, 3.8) is 0 Å². The van der Waals surface area contributed by atoms with Gasteiger partial charge in [-0.3, -0.25) is 0 Å². The van der Waals surface area contributed by atoms with Crippen molar-refractivity contribution in [3.8, 4) is 5.75 Å². The Bertz CT molecular complexity index is 503. The van der Waals surface area contributed by atoms with Gasteiger partial charge in [0.1, 0.15) is 12.4 Å². The number of halogens is 1. The Kier molecular flexibility index (Phi) is 4.43. The SMILES string of the molecule is CC(C)c1ccccc1OCc1ccc(Br)cc1. The molecule has 0 saturated heterocycles. The van der Waals surface area contributed by atoms with Gasteiger partial charge in [-0.2, -0.15) is 0 Å². The molecule has 0 aliphatic rings. The van der Waals surface area contributed by atoms with Gasteiger partial charge in [-0.1, -0.05) is 60.1 Å². The molecule has 18 heavy (non-hydrogen) atoms. The lowest BCUT2D eigenvalue weighted by Crippen LogP contribution is -1.99. The van der Waals surface area contributed by atoms with E-state index in [2.05, 4.69) is 54.0 Å². The maximum atomic E-state index is 5.91. The van der Waals surface area contributed by atoms with Gasteiger partial charge in [0, 0.05) is 4.47 Å². The third-order valence-corrected chi connectivity index (χ3v) is 3.38. The van der Waals surface area contributed by atoms with E-state index in [0.717, 1.165) is 10.2 Å². The molecule has 0 aliphatic carbocycles. The highest BCUT2D eigenvalue weighted by molar-refractivity contribution is 9.10. The largest absolute Gasteiger partial charge is 0.489 e. The second-order valence-corrected chi connectivity index (χ2v) is 5.52. The molecule has 0 aromatic heterocycles. The molecule has 0 spiro atoms. The van der Waals surface area contributed by atoms with Crippen molar-refractivity contribution in [3.05, 3.63) is 64.1 Å². The van der Waals surface area contributed by atoms with E-state index >= 15 is 0 Å². The molecule has 0 fully saturated rings. The highest BCUT2D eigenvalue weighted by Crippen LogP contribution is 2.26. The third-order valence-electron chi connectivity index (χ3n) is 2.85. The standard InChI is InChI=1S/C16H17BrO/c1-12(2)15-5-3-4-6-16(15)18-11-13-7-9-14(17)10-8-13/h3-10,12H,11H2,1-2H3. The highest BCUT2D eigenvalue weighted by Gasteiger charge is 2.06. The highest BCUT2D eigenvalue weighted by atomic mass is 79.9. The monoisotopic (exact) mass is 304 g/mol. The number of para-hydroxylation sites is 1. The fourth-order valence-electron chi connectivity index (χ4n) is 1.83. The summed E-state index contributed by atoms with van der Waals surface area (Å²) in [5.74, 6) is 1.46. The van der Waals surface area contributed by atoms with E-state index in [0.29, 0.717) is 12.5 Å². The van der Waals surface area contributed by atoms with Crippen LogP contribution in [0.5, 0.6) is 5.75 Å². The zero-order valence-electron chi connectivity index (χ0n) is 10.7. The molecular weight excluding hydrogens is 288 g/mol. The fraction of sp³-hybridized carbons (Fsp3) is 0.250. The number of rotatable bonds is 4. The molecule has 0 aliphatic heterocycles. The topological polar surface area (TPSA) is 9.23 Å². The Morgan fingerprint density at radius 2 is 1.67 bits per heavy atom. The molecular formula is C16H17BrO. The van der Waals surface area contributed by atoms with Gasteiger partial charge in [-0.25, -0.2) is 0 Å². The molecule has 2 aromatic carbocycles. The van der Waals surface area contributed by atoms with Crippen molar-refractivity contribution in [2.75, 3.05) is 0 Å². The summed E-state index contributed by atoms with van der Waals surface area (Å²) < 4.78 is 7.00. The fourth-order valence-corrected chi connectivity index (χ4v) is 2.09. The first-order valence-corrected chi connectivity index (χ1v) is 6.92. The second kappa shape index (κ2) is 6.05. The van der Waals surface area contributed by atoms with Crippen LogP contribution in [0.3, 0.4) is 0 Å². The minimum Gasteiger partial charge on any atom is -0.489 e. The Hall–Kier alpha value is -1.28. The molecule has 2 aromatic rings. The van der Waals surface area contributed by atoms with E-state index in [-0.39, 0.29) is 0 Å². The van der Waals surface area contributed by atoms with Gasteiger partial charge in [0.2, 0.25) is 0 Å². The maximum Gasteiger partial charge on any atom is 0.123 e. The first kappa shape index (κ1) is 13.2. The summed E-state index contributed by atoms with van der Waals surface area (Å²) >= 11 is 3.43. The Morgan fingerprint density at radius 1 is 1.00 bits per heavy atom. The number of ether oxygens (including phenoxy) is 1. The quantitative estimate of drug-likeness (QED) is 0.759. The van der Waals surface area contributed by atoms with Gasteiger partial charge in [0.05, 0.1) is 0 Å². The molecule has 0 unspecified atom stereocenters. The molecule has 1 nitrogen and oxygen atoms in total. The van der Waals surface area contributed by atoms with E-state index < -0.39 is 0 Å². The van der Waals surface area contributed by atoms with E-state index in [1.165, 1.54) is 11.1 Å². The Labute approximate surface area is 117 Å². The molecule has 0 heterocycles. The maximum absolute atomic E-state index is 5.91. The lowest BCUT2D eigenvalue weighted by molar-refractivity contribution is 0.302. The van der Waals surface area contributed by atoms with Crippen molar-refractivity contribution in [2.24, 2.45) is 0 Å². The second-order valence-electron chi connectivity index (χ2n) is 4.61. The van der Waals surface area contributed by atoms with Crippen LogP contribution in [-0.2, 0) is 6.61 Å². The van der Waals surface area contributed by atoms with E-state index in [4.69, 9.17) is 4.74 Å². The smallest absolute Gasteiger partial charge is 0.123 e. The van der Waals surface area contributed by atoms with Crippen molar-refractivity contribution in [1.82, 2.24) is 0 Å². The molecule has 0 saturated carbocycles. The third kappa shape index (κ3) is 3.36. The average Bonchev–Trinajstić information content (AvgIpc) is 2.38. The van der Waals surface area contributed by atoms with Gasteiger partial charge >= 0.3 is 0 Å². The number of hydrogen-bond acceptors (Lipinski definition) is 1. The summed E-state index contributed by atoms with van der Waals surface area (Å²) in [7, 11) is 0. The van der Waals surface area contributed by atoms with Crippen LogP contribution in [-0.4, -0.2) is 0 Å². The predicted molar refractivity (Wildman–Crippen MR) is 79.0 cm³/mol. The summed E-state index contributed by atoms with van der Waals surface area (Å²) in [6.45, 7) is 4.97. The van der Waals surface area contributed by atoms with Crippen LogP contribution in [0.25, 0.3) is 0 Å². The molecule has 94 valence electrons.